The average Bonchev–Trinajstić information content (AvgIpc) is 2.77. The van der Waals surface area contributed by atoms with Gasteiger partial charge < -0.3 is 9.64 Å². The quantitative estimate of drug-likeness (QED) is 0.633. The number of hydrogen-bond acceptors (Lipinski definition) is 4. The summed E-state index contributed by atoms with van der Waals surface area (Å²) in [4.78, 5) is 12.9. The van der Waals surface area contributed by atoms with Crippen LogP contribution < -0.4 is 4.90 Å². The number of anilines is 1. The second kappa shape index (κ2) is 5.67. The van der Waals surface area contributed by atoms with Crippen LogP contribution in [0.25, 0.3) is 0 Å². The summed E-state index contributed by atoms with van der Waals surface area (Å²) in [6, 6.07) is 5.42. The van der Waals surface area contributed by atoms with Crippen LogP contribution in [-0.4, -0.2) is 31.2 Å². The minimum absolute atomic E-state index is 0.146. The predicted octanol–water partition coefficient (Wildman–Crippen LogP) is 2.97. The molecule has 0 saturated carbocycles. The lowest BCUT2D eigenvalue weighted by molar-refractivity contribution is -0.384. The monoisotopic (exact) mass is 314 g/mol. The zero-order chi connectivity index (χ0) is 13.1. The molecule has 0 amide bonds. The fourth-order valence-electron chi connectivity index (χ4n) is 2.40. The highest BCUT2D eigenvalue weighted by molar-refractivity contribution is 9.10. The fourth-order valence-corrected chi connectivity index (χ4v) is 2.75. The van der Waals surface area contributed by atoms with Crippen molar-refractivity contribution in [1.82, 2.24) is 0 Å². The lowest BCUT2D eigenvalue weighted by atomic mass is 10.2. The molecule has 1 saturated heterocycles. The second-order valence-corrected chi connectivity index (χ2v) is 5.25. The predicted molar refractivity (Wildman–Crippen MR) is 73.0 cm³/mol. The molecule has 0 N–H and O–H groups in total. The average molecular weight is 315 g/mol. The van der Waals surface area contributed by atoms with Crippen molar-refractivity contribution in [1.29, 1.82) is 0 Å². The topological polar surface area (TPSA) is 55.6 Å². The van der Waals surface area contributed by atoms with Crippen LogP contribution in [-0.2, 0) is 4.74 Å². The van der Waals surface area contributed by atoms with Crippen molar-refractivity contribution >= 4 is 27.3 Å². The van der Waals surface area contributed by atoms with Crippen molar-refractivity contribution in [2.75, 3.05) is 25.2 Å². The summed E-state index contributed by atoms with van der Waals surface area (Å²) in [5.41, 5.74) is 0.829. The molecule has 0 bridgehead atoms. The minimum atomic E-state index is -0.331. The van der Waals surface area contributed by atoms with Crippen molar-refractivity contribution in [2.45, 2.75) is 18.9 Å². The summed E-state index contributed by atoms with van der Waals surface area (Å²) >= 11 is 3.27. The van der Waals surface area contributed by atoms with Gasteiger partial charge in [-0.1, -0.05) is 15.9 Å². The molecule has 5 nitrogen and oxygen atoms in total. The van der Waals surface area contributed by atoms with Gasteiger partial charge in [0.05, 0.1) is 17.6 Å². The maximum Gasteiger partial charge on any atom is 0.293 e. The Morgan fingerprint density at radius 1 is 1.61 bits per heavy atom. The number of nitrogens with zero attached hydrogens (tertiary/aromatic N) is 2. The molecule has 0 radical (unpaired) electrons. The second-order valence-electron chi connectivity index (χ2n) is 4.33. The first kappa shape index (κ1) is 13.3. The number of benzene rings is 1. The molecule has 18 heavy (non-hydrogen) atoms. The Bertz CT molecular complexity index is 453. The molecular weight excluding hydrogens is 300 g/mol. The van der Waals surface area contributed by atoms with Gasteiger partial charge in [0.2, 0.25) is 0 Å². The number of rotatable bonds is 4. The highest BCUT2D eigenvalue weighted by Gasteiger charge is 2.29. The number of ether oxygens (including phenoxy) is 1. The Balaban J connectivity index is 2.34. The fraction of sp³-hybridized carbons (Fsp3) is 0.500. The smallest absolute Gasteiger partial charge is 0.293 e. The Morgan fingerprint density at radius 2 is 2.39 bits per heavy atom. The van der Waals surface area contributed by atoms with Crippen LogP contribution >= 0.6 is 15.9 Å². The summed E-state index contributed by atoms with van der Waals surface area (Å²) in [7, 11) is 1.66. The summed E-state index contributed by atoms with van der Waals surface area (Å²) in [6.07, 6.45) is 2.06. The van der Waals surface area contributed by atoms with Crippen molar-refractivity contribution < 1.29 is 9.66 Å². The van der Waals surface area contributed by atoms with Gasteiger partial charge in [0.1, 0.15) is 5.69 Å². The largest absolute Gasteiger partial charge is 0.383 e. The van der Waals surface area contributed by atoms with E-state index in [0.29, 0.717) is 12.3 Å². The van der Waals surface area contributed by atoms with Gasteiger partial charge in [-0.2, -0.15) is 0 Å². The van der Waals surface area contributed by atoms with E-state index in [4.69, 9.17) is 4.74 Å². The Hall–Kier alpha value is -1.14. The molecule has 6 heteroatoms. The van der Waals surface area contributed by atoms with Crippen molar-refractivity contribution in [3.63, 3.8) is 0 Å². The van der Waals surface area contributed by atoms with Gasteiger partial charge in [0, 0.05) is 24.2 Å². The highest BCUT2D eigenvalue weighted by atomic mass is 79.9. The summed E-state index contributed by atoms with van der Waals surface area (Å²) in [5.74, 6) is 0. The van der Waals surface area contributed by atoms with E-state index in [0.717, 1.165) is 23.9 Å². The van der Waals surface area contributed by atoms with Crippen LogP contribution in [0.1, 0.15) is 12.8 Å². The van der Waals surface area contributed by atoms with E-state index in [-0.39, 0.29) is 16.7 Å². The maximum absolute atomic E-state index is 11.1. The molecule has 1 aromatic carbocycles. The molecule has 98 valence electrons. The molecule has 0 aliphatic carbocycles. The first-order valence-corrected chi connectivity index (χ1v) is 6.62. The molecule has 1 aliphatic rings. The number of nitro groups is 1. The molecule has 1 unspecified atom stereocenters. The van der Waals surface area contributed by atoms with Crippen molar-refractivity contribution in [3.8, 4) is 0 Å². The molecule has 0 aromatic heterocycles. The lowest BCUT2D eigenvalue weighted by Gasteiger charge is -2.25. The number of methoxy groups -OCH3 is 1. The first-order chi connectivity index (χ1) is 8.63. The first-order valence-electron chi connectivity index (χ1n) is 5.83. The Morgan fingerprint density at radius 3 is 3.06 bits per heavy atom. The number of halogens is 1. The van der Waals surface area contributed by atoms with E-state index in [1.165, 1.54) is 0 Å². The Labute approximate surface area is 114 Å². The SMILES string of the molecule is COCC1CCCN1c1ccc(Br)cc1[N+](=O)[O-]. The van der Waals surface area contributed by atoms with Crippen LogP contribution in [0.4, 0.5) is 11.4 Å². The molecule has 1 aliphatic heterocycles. The molecule has 1 fully saturated rings. The highest BCUT2D eigenvalue weighted by Crippen LogP contribution is 2.35. The van der Waals surface area contributed by atoms with Gasteiger partial charge in [0.25, 0.3) is 5.69 Å². The van der Waals surface area contributed by atoms with Gasteiger partial charge in [-0.3, -0.25) is 10.1 Å². The van der Waals surface area contributed by atoms with E-state index < -0.39 is 0 Å². The zero-order valence-electron chi connectivity index (χ0n) is 10.1. The number of nitro benzene ring substituents is 1. The normalized spacial score (nSPS) is 19.2. The van der Waals surface area contributed by atoms with Gasteiger partial charge in [0.15, 0.2) is 0 Å². The van der Waals surface area contributed by atoms with Crippen molar-refractivity contribution in [2.24, 2.45) is 0 Å². The molecule has 1 heterocycles. The summed E-state index contributed by atoms with van der Waals surface area (Å²) < 4.78 is 5.90. The molecule has 1 aromatic rings. The van der Waals surface area contributed by atoms with Gasteiger partial charge in [-0.15, -0.1) is 0 Å². The third-order valence-electron chi connectivity index (χ3n) is 3.18. The molecule has 0 spiro atoms. The third-order valence-corrected chi connectivity index (χ3v) is 3.67. The van der Waals surface area contributed by atoms with Gasteiger partial charge in [-0.05, 0) is 25.0 Å². The summed E-state index contributed by atoms with van der Waals surface area (Å²) in [6.45, 7) is 1.45. The maximum atomic E-state index is 11.1. The van der Waals surface area contributed by atoms with E-state index in [2.05, 4.69) is 20.8 Å². The molecule has 2 rings (SSSR count). The van der Waals surface area contributed by atoms with Crippen molar-refractivity contribution in [3.05, 3.63) is 32.8 Å². The van der Waals surface area contributed by atoms with E-state index in [1.807, 2.05) is 6.07 Å². The minimum Gasteiger partial charge on any atom is -0.383 e. The van der Waals surface area contributed by atoms with Crippen LogP contribution in [0.3, 0.4) is 0 Å². The van der Waals surface area contributed by atoms with E-state index in [9.17, 15) is 10.1 Å². The third kappa shape index (κ3) is 2.64. The number of hydrogen-bond donors (Lipinski definition) is 0. The van der Waals surface area contributed by atoms with Crippen LogP contribution in [0, 0.1) is 10.1 Å². The molecular formula is C12H15BrN2O3. The zero-order valence-corrected chi connectivity index (χ0v) is 11.7. The van der Waals surface area contributed by atoms with Crippen LogP contribution in [0.15, 0.2) is 22.7 Å². The van der Waals surface area contributed by atoms with Crippen LogP contribution in [0.2, 0.25) is 0 Å². The van der Waals surface area contributed by atoms with E-state index >= 15 is 0 Å². The Kier molecular flexibility index (Phi) is 4.19. The van der Waals surface area contributed by atoms with Crippen LogP contribution in [0.5, 0.6) is 0 Å². The van der Waals surface area contributed by atoms with E-state index in [1.54, 1.807) is 19.2 Å². The lowest BCUT2D eigenvalue weighted by Crippen LogP contribution is -2.33. The summed E-state index contributed by atoms with van der Waals surface area (Å²) in [5, 5.41) is 11.1. The standard InChI is InChI=1S/C12H15BrN2O3/c1-18-8-10-3-2-6-14(10)11-5-4-9(13)7-12(11)15(16)17/h4-5,7,10H,2-3,6,8H2,1H3. The van der Waals surface area contributed by atoms with Gasteiger partial charge >= 0.3 is 0 Å². The van der Waals surface area contributed by atoms with Gasteiger partial charge in [-0.25, -0.2) is 0 Å². The molecule has 1 atom stereocenters.